The molecule has 0 amide bonds. The summed E-state index contributed by atoms with van der Waals surface area (Å²) in [7, 11) is 0. The van der Waals surface area contributed by atoms with Crippen molar-refractivity contribution >= 4 is 17.9 Å². The molecule has 2 rings (SSSR count). The van der Waals surface area contributed by atoms with Gasteiger partial charge in [0.25, 0.3) is 0 Å². The third-order valence-corrected chi connectivity index (χ3v) is 3.30. The van der Waals surface area contributed by atoms with Crippen LogP contribution in [0.3, 0.4) is 0 Å². The molecule has 3 heteroatoms. The van der Waals surface area contributed by atoms with Crippen LogP contribution in [-0.4, -0.2) is 18.7 Å². The Kier molecular flexibility index (Phi) is 3.50. The van der Waals surface area contributed by atoms with Crippen molar-refractivity contribution in [2.75, 3.05) is 11.4 Å². The minimum absolute atomic E-state index is 0.434. The molecule has 3 nitrogen and oxygen atoms in total. The van der Waals surface area contributed by atoms with Gasteiger partial charge in [0.1, 0.15) is 5.84 Å². The molecule has 0 radical (unpaired) electrons. The molecule has 0 fully saturated rings. The van der Waals surface area contributed by atoms with Crippen molar-refractivity contribution in [2.45, 2.75) is 39.5 Å². The van der Waals surface area contributed by atoms with Crippen LogP contribution in [0.1, 0.15) is 50.7 Å². The smallest absolute Gasteiger partial charge is 0.142 e. The predicted octanol–water partition coefficient (Wildman–Crippen LogP) is 3.76. The number of aliphatic imine (C=N–C) groups is 1. The zero-order chi connectivity index (χ0) is 13.3. The second kappa shape index (κ2) is 4.92. The van der Waals surface area contributed by atoms with E-state index < -0.39 is 0 Å². The molecule has 18 heavy (non-hydrogen) atoms. The molecule has 1 heterocycles. The maximum atomic E-state index is 7.64. The van der Waals surface area contributed by atoms with E-state index in [0.29, 0.717) is 24.2 Å². The summed E-state index contributed by atoms with van der Waals surface area (Å²) in [5.41, 5.74) is 3.92. The average molecular weight is 243 g/mol. The van der Waals surface area contributed by atoms with Crippen LogP contribution in [0.25, 0.3) is 0 Å². The third kappa shape index (κ3) is 2.30. The van der Waals surface area contributed by atoms with E-state index in [4.69, 9.17) is 5.41 Å². The number of benzene rings is 1. The van der Waals surface area contributed by atoms with E-state index in [-0.39, 0.29) is 0 Å². The van der Waals surface area contributed by atoms with Gasteiger partial charge in [-0.1, -0.05) is 45.9 Å². The lowest BCUT2D eigenvalue weighted by molar-refractivity contribution is 0.829. The van der Waals surface area contributed by atoms with E-state index in [1.807, 2.05) is 0 Å². The lowest BCUT2D eigenvalue weighted by atomic mass is 9.92. The van der Waals surface area contributed by atoms with Crippen LogP contribution in [-0.2, 0) is 0 Å². The number of hydrogen-bond acceptors (Lipinski definition) is 2. The standard InChI is InChI=1S/C15H21N3/c1-10(2)12-6-5-7-13(11(3)4)15(12)18-8-14(16)17-9-18/h5-7,9-11,16H,8H2,1-4H3. The summed E-state index contributed by atoms with van der Waals surface area (Å²) in [6.07, 6.45) is 1.79. The third-order valence-electron chi connectivity index (χ3n) is 3.30. The van der Waals surface area contributed by atoms with Gasteiger partial charge in [-0.3, -0.25) is 5.41 Å². The van der Waals surface area contributed by atoms with Gasteiger partial charge in [0, 0.05) is 5.69 Å². The number of nitrogens with zero attached hydrogens (tertiary/aromatic N) is 2. The Labute approximate surface area is 109 Å². The molecule has 0 saturated carbocycles. The maximum Gasteiger partial charge on any atom is 0.142 e. The van der Waals surface area contributed by atoms with E-state index >= 15 is 0 Å². The van der Waals surface area contributed by atoms with Gasteiger partial charge in [-0.15, -0.1) is 0 Å². The first-order valence-corrected chi connectivity index (χ1v) is 6.51. The molecule has 1 aliphatic heterocycles. The lowest BCUT2D eigenvalue weighted by Gasteiger charge is -2.25. The quantitative estimate of drug-likeness (QED) is 0.862. The molecule has 1 N–H and O–H groups in total. The summed E-state index contributed by atoms with van der Waals surface area (Å²) in [6.45, 7) is 9.43. The minimum atomic E-state index is 0.434. The molecule has 0 saturated heterocycles. The van der Waals surface area contributed by atoms with E-state index in [0.717, 1.165) is 0 Å². The van der Waals surface area contributed by atoms with Crippen molar-refractivity contribution in [3.63, 3.8) is 0 Å². The maximum absolute atomic E-state index is 7.64. The summed E-state index contributed by atoms with van der Waals surface area (Å²) < 4.78 is 0. The summed E-state index contributed by atoms with van der Waals surface area (Å²) >= 11 is 0. The normalized spacial score (nSPS) is 15.2. The van der Waals surface area contributed by atoms with Gasteiger partial charge in [0.05, 0.1) is 12.9 Å². The minimum Gasteiger partial charge on any atom is -0.324 e. The highest BCUT2D eigenvalue weighted by molar-refractivity contribution is 6.04. The number of hydrogen-bond donors (Lipinski definition) is 1. The van der Waals surface area contributed by atoms with Crippen molar-refractivity contribution in [1.82, 2.24) is 0 Å². The first-order valence-electron chi connectivity index (χ1n) is 6.51. The first-order chi connectivity index (χ1) is 8.50. The van der Waals surface area contributed by atoms with Crippen molar-refractivity contribution in [3.8, 4) is 0 Å². The molecule has 1 aromatic rings. The Morgan fingerprint density at radius 1 is 1.11 bits per heavy atom. The summed E-state index contributed by atoms with van der Waals surface area (Å²) in [6, 6.07) is 6.50. The van der Waals surface area contributed by atoms with Crippen LogP contribution >= 0.6 is 0 Å². The highest BCUT2D eigenvalue weighted by atomic mass is 15.2. The van der Waals surface area contributed by atoms with Crippen LogP contribution in [0, 0.1) is 5.41 Å². The van der Waals surface area contributed by atoms with Gasteiger partial charge >= 0.3 is 0 Å². The summed E-state index contributed by atoms with van der Waals surface area (Å²) in [5.74, 6) is 1.38. The number of amidine groups is 1. The van der Waals surface area contributed by atoms with E-state index in [1.165, 1.54) is 16.8 Å². The Balaban J connectivity index is 2.54. The second-order valence-corrected chi connectivity index (χ2v) is 5.41. The van der Waals surface area contributed by atoms with Crippen molar-refractivity contribution in [2.24, 2.45) is 4.99 Å². The number of rotatable bonds is 3. The first kappa shape index (κ1) is 12.8. The molecule has 0 aromatic heterocycles. The van der Waals surface area contributed by atoms with Crippen LogP contribution in [0.2, 0.25) is 0 Å². The Bertz CT molecular complexity index is 460. The van der Waals surface area contributed by atoms with Gasteiger partial charge < -0.3 is 4.90 Å². The Morgan fingerprint density at radius 2 is 1.67 bits per heavy atom. The fourth-order valence-corrected chi connectivity index (χ4v) is 2.36. The molecule has 0 aliphatic carbocycles. The highest BCUT2D eigenvalue weighted by Gasteiger charge is 2.21. The van der Waals surface area contributed by atoms with Crippen LogP contribution in [0.5, 0.6) is 0 Å². The Hall–Kier alpha value is -1.64. The molecule has 0 atom stereocenters. The van der Waals surface area contributed by atoms with Crippen LogP contribution < -0.4 is 4.90 Å². The number of nitrogens with one attached hydrogen (secondary N) is 1. The van der Waals surface area contributed by atoms with Gasteiger partial charge in [-0.05, 0) is 23.0 Å². The van der Waals surface area contributed by atoms with Crippen molar-refractivity contribution in [1.29, 1.82) is 5.41 Å². The van der Waals surface area contributed by atoms with Gasteiger partial charge in [-0.25, -0.2) is 4.99 Å². The van der Waals surface area contributed by atoms with Crippen molar-refractivity contribution < 1.29 is 0 Å². The summed E-state index contributed by atoms with van der Waals surface area (Å²) in [4.78, 5) is 6.18. The average Bonchev–Trinajstić information content (AvgIpc) is 2.74. The van der Waals surface area contributed by atoms with E-state index in [2.05, 4.69) is 55.8 Å². The molecule has 96 valence electrons. The molecule has 1 aromatic carbocycles. The molecule has 0 bridgehead atoms. The largest absolute Gasteiger partial charge is 0.324 e. The number of para-hydroxylation sites is 1. The van der Waals surface area contributed by atoms with Crippen molar-refractivity contribution in [3.05, 3.63) is 29.3 Å². The van der Waals surface area contributed by atoms with Crippen LogP contribution in [0.15, 0.2) is 23.2 Å². The molecule has 0 spiro atoms. The lowest BCUT2D eigenvalue weighted by Crippen LogP contribution is -2.23. The summed E-state index contributed by atoms with van der Waals surface area (Å²) in [5, 5.41) is 7.64. The van der Waals surface area contributed by atoms with Gasteiger partial charge in [-0.2, -0.15) is 0 Å². The highest BCUT2D eigenvalue weighted by Crippen LogP contribution is 2.35. The zero-order valence-corrected chi connectivity index (χ0v) is 11.6. The van der Waals surface area contributed by atoms with Crippen LogP contribution in [0.4, 0.5) is 5.69 Å². The molecule has 1 aliphatic rings. The molecular formula is C15H21N3. The second-order valence-electron chi connectivity index (χ2n) is 5.41. The molecular weight excluding hydrogens is 222 g/mol. The predicted molar refractivity (Wildman–Crippen MR) is 78.2 cm³/mol. The topological polar surface area (TPSA) is 39.5 Å². The van der Waals surface area contributed by atoms with E-state index in [1.54, 1.807) is 6.34 Å². The molecule has 0 unspecified atom stereocenters. The zero-order valence-electron chi connectivity index (χ0n) is 11.6. The van der Waals surface area contributed by atoms with E-state index in [9.17, 15) is 0 Å². The van der Waals surface area contributed by atoms with Gasteiger partial charge in [0.2, 0.25) is 0 Å². The monoisotopic (exact) mass is 243 g/mol. The fourth-order valence-electron chi connectivity index (χ4n) is 2.36. The SMILES string of the molecule is CC(C)c1cccc(C(C)C)c1N1C=NC(=N)C1. The fraction of sp³-hybridized carbons (Fsp3) is 0.467. The number of anilines is 1. The van der Waals surface area contributed by atoms with Gasteiger partial charge in [0.15, 0.2) is 0 Å². The Morgan fingerprint density at radius 3 is 2.06 bits per heavy atom.